The third-order valence-corrected chi connectivity index (χ3v) is 6.40. The fourth-order valence-electron chi connectivity index (χ4n) is 4.41. The predicted molar refractivity (Wildman–Crippen MR) is 143 cm³/mol. The Morgan fingerprint density at radius 2 is 1.67 bits per heavy atom. The van der Waals surface area contributed by atoms with E-state index in [1.165, 1.54) is 19.2 Å². The Bertz CT molecular complexity index is 1170. The van der Waals surface area contributed by atoms with E-state index >= 15 is 0 Å². The number of carbonyl (C=O) groups excluding carboxylic acids is 3. The van der Waals surface area contributed by atoms with E-state index < -0.39 is 17.8 Å². The van der Waals surface area contributed by atoms with Crippen LogP contribution in [0, 0.1) is 0 Å². The number of methoxy groups -OCH3 is 1. The highest BCUT2D eigenvalue weighted by Crippen LogP contribution is 2.31. The summed E-state index contributed by atoms with van der Waals surface area (Å²) in [5.74, 6) is -0.523. The Hall–Kier alpha value is -3.80. The van der Waals surface area contributed by atoms with Crippen molar-refractivity contribution in [3.63, 3.8) is 0 Å². The number of amides is 4. The Morgan fingerprint density at radius 1 is 0.949 bits per heavy atom. The van der Waals surface area contributed by atoms with Crippen molar-refractivity contribution in [2.24, 2.45) is 0 Å². The topological polar surface area (TPSA) is 94.2 Å². The molecule has 0 radical (unpaired) electrons. The summed E-state index contributed by atoms with van der Waals surface area (Å²) < 4.78 is 44.0. The number of urea groups is 1. The molecule has 1 saturated heterocycles. The highest BCUT2D eigenvalue weighted by atomic mass is 19.4. The van der Waals surface area contributed by atoms with Gasteiger partial charge in [-0.3, -0.25) is 9.59 Å². The summed E-state index contributed by atoms with van der Waals surface area (Å²) in [6, 6.07) is 9.15. The summed E-state index contributed by atoms with van der Waals surface area (Å²) in [5.41, 5.74) is 0.796. The maximum absolute atomic E-state index is 13.4. The molecule has 2 aromatic carbocycles. The Balaban J connectivity index is 1.78. The molecule has 1 heterocycles. The summed E-state index contributed by atoms with van der Waals surface area (Å²) in [4.78, 5) is 43.5. The maximum Gasteiger partial charge on any atom is 0.416 e. The Kier molecular flexibility index (Phi) is 10.2. The highest BCUT2D eigenvalue weighted by Gasteiger charge is 2.31. The van der Waals surface area contributed by atoms with Crippen LogP contribution >= 0.6 is 0 Å². The van der Waals surface area contributed by atoms with Gasteiger partial charge in [-0.2, -0.15) is 13.2 Å². The molecule has 212 valence electrons. The first-order valence-corrected chi connectivity index (χ1v) is 12.8. The SMILES string of the molecule is CCN(CC)C(=O)c1cc(NC(=O)COC)ccc1N1CCCN(C(=O)Nc2cccc(C(F)(F)F)c2)CC1. The van der Waals surface area contributed by atoms with Gasteiger partial charge in [0.05, 0.1) is 11.1 Å². The standard InChI is InChI=1S/C27H34F3N5O4/c1-4-33(5-2)25(37)22-17-21(31-24(36)18-39-3)10-11-23(22)34-12-7-13-35(15-14-34)26(38)32-20-9-6-8-19(16-20)27(28,29)30/h6,8-11,16-17H,4-5,7,12-15,18H2,1-3H3,(H,31,36)(H,32,38). The molecule has 0 unspecified atom stereocenters. The van der Waals surface area contributed by atoms with E-state index in [4.69, 9.17) is 4.74 Å². The minimum atomic E-state index is -4.51. The molecule has 39 heavy (non-hydrogen) atoms. The lowest BCUT2D eigenvalue weighted by atomic mass is 10.1. The lowest BCUT2D eigenvalue weighted by Crippen LogP contribution is -2.38. The van der Waals surface area contributed by atoms with E-state index in [-0.39, 0.29) is 24.1 Å². The largest absolute Gasteiger partial charge is 0.416 e. The number of alkyl halides is 3. The molecular formula is C27H34F3N5O4. The summed E-state index contributed by atoms with van der Waals surface area (Å²) in [5, 5.41) is 5.29. The minimum absolute atomic E-state index is 0.0640. The molecule has 0 spiro atoms. The second kappa shape index (κ2) is 13.3. The van der Waals surface area contributed by atoms with Gasteiger partial charge in [0.1, 0.15) is 6.61 Å². The molecule has 0 aromatic heterocycles. The van der Waals surface area contributed by atoms with Gasteiger partial charge >= 0.3 is 12.2 Å². The summed E-state index contributed by atoms with van der Waals surface area (Å²) in [6.07, 6.45) is -3.92. The average Bonchev–Trinajstić information content (AvgIpc) is 3.15. The first kappa shape index (κ1) is 29.8. The third-order valence-electron chi connectivity index (χ3n) is 6.40. The number of benzene rings is 2. The second-order valence-electron chi connectivity index (χ2n) is 9.03. The van der Waals surface area contributed by atoms with Crippen molar-refractivity contribution in [2.75, 3.05) is 68.5 Å². The summed E-state index contributed by atoms with van der Waals surface area (Å²) in [6.45, 7) is 6.34. The first-order valence-electron chi connectivity index (χ1n) is 12.8. The van der Waals surface area contributed by atoms with Gasteiger partial charge in [0.15, 0.2) is 0 Å². The molecule has 0 aliphatic carbocycles. The predicted octanol–water partition coefficient (Wildman–Crippen LogP) is 4.52. The molecule has 0 bridgehead atoms. The Labute approximate surface area is 225 Å². The summed E-state index contributed by atoms with van der Waals surface area (Å²) >= 11 is 0. The molecule has 0 atom stereocenters. The zero-order chi connectivity index (χ0) is 28.6. The molecule has 1 aliphatic rings. The van der Waals surface area contributed by atoms with Gasteiger partial charge in [0, 0.05) is 63.4 Å². The van der Waals surface area contributed by atoms with Crippen LogP contribution in [0.5, 0.6) is 0 Å². The van der Waals surface area contributed by atoms with Crippen LogP contribution in [-0.4, -0.2) is 80.6 Å². The zero-order valence-electron chi connectivity index (χ0n) is 22.3. The number of carbonyl (C=O) groups is 3. The van der Waals surface area contributed by atoms with Crippen LogP contribution in [0.15, 0.2) is 42.5 Å². The molecule has 1 aliphatic heterocycles. The van der Waals surface area contributed by atoms with E-state index in [0.29, 0.717) is 62.6 Å². The van der Waals surface area contributed by atoms with Gasteiger partial charge < -0.3 is 30.1 Å². The molecule has 2 N–H and O–H groups in total. The van der Waals surface area contributed by atoms with Gasteiger partial charge in [-0.1, -0.05) is 6.07 Å². The van der Waals surface area contributed by atoms with Crippen molar-refractivity contribution in [1.82, 2.24) is 9.80 Å². The number of anilines is 3. The van der Waals surface area contributed by atoms with Crippen LogP contribution in [0.25, 0.3) is 0 Å². The highest BCUT2D eigenvalue weighted by molar-refractivity contribution is 6.02. The van der Waals surface area contributed by atoms with Gasteiger partial charge in [0.2, 0.25) is 5.91 Å². The monoisotopic (exact) mass is 549 g/mol. The van der Waals surface area contributed by atoms with Gasteiger partial charge in [-0.05, 0) is 56.7 Å². The number of hydrogen-bond donors (Lipinski definition) is 2. The van der Waals surface area contributed by atoms with Crippen molar-refractivity contribution in [3.05, 3.63) is 53.6 Å². The molecule has 3 rings (SSSR count). The van der Waals surface area contributed by atoms with Crippen LogP contribution in [0.3, 0.4) is 0 Å². The van der Waals surface area contributed by atoms with E-state index in [2.05, 4.69) is 10.6 Å². The number of ether oxygens (including phenoxy) is 1. The van der Waals surface area contributed by atoms with Gasteiger partial charge in [-0.25, -0.2) is 4.79 Å². The van der Waals surface area contributed by atoms with Crippen molar-refractivity contribution in [3.8, 4) is 0 Å². The average molecular weight is 550 g/mol. The van der Waals surface area contributed by atoms with Crippen molar-refractivity contribution in [2.45, 2.75) is 26.4 Å². The van der Waals surface area contributed by atoms with Crippen LogP contribution in [0.1, 0.15) is 36.2 Å². The lowest BCUT2D eigenvalue weighted by molar-refractivity contribution is -0.137. The zero-order valence-corrected chi connectivity index (χ0v) is 22.3. The smallest absolute Gasteiger partial charge is 0.375 e. The molecule has 9 nitrogen and oxygen atoms in total. The molecule has 0 saturated carbocycles. The fraction of sp³-hybridized carbons (Fsp3) is 0.444. The van der Waals surface area contributed by atoms with Gasteiger partial charge in [0.25, 0.3) is 5.91 Å². The first-order chi connectivity index (χ1) is 18.6. The van der Waals surface area contributed by atoms with E-state index in [1.807, 2.05) is 18.7 Å². The van der Waals surface area contributed by atoms with Gasteiger partial charge in [-0.15, -0.1) is 0 Å². The molecule has 2 aromatic rings. The molecule has 4 amide bonds. The van der Waals surface area contributed by atoms with Crippen molar-refractivity contribution in [1.29, 1.82) is 0 Å². The van der Waals surface area contributed by atoms with E-state index in [9.17, 15) is 27.6 Å². The van der Waals surface area contributed by atoms with Crippen molar-refractivity contribution < 1.29 is 32.3 Å². The third kappa shape index (κ3) is 7.85. The number of rotatable bonds is 8. The Morgan fingerprint density at radius 3 is 2.33 bits per heavy atom. The normalized spacial score (nSPS) is 14.0. The number of hydrogen-bond acceptors (Lipinski definition) is 5. The van der Waals surface area contributed by atoms with E-state index in [1.54, 1.807) is 28.0 Å². The lowest BCUT2D eigenvalue weighted by Gasteiger charge is -2.28. The number of nitrogens with zero attached hydrogens (tertiary/aromatic N) is 3. The summed E-state index contributed by atoms with van der Waals surface area (Å²) in [7, 11) is 1.42. The number of halogens is 3. The second-order valence-corrected chi connectivity index (χ2v) is 9.03. The van der Waals surface area contributed by atoms with Crippen molar-refractivity contribution >= 4 is 34.9 Å². The molecule has 1 fully saturated rings. The fourth-order valence-corrected chi connectivity index (χ4v) is 4.41. The van der Waals surface area contributed by atoms with Crippen LogP contribution in [-0.2, 0) is 15.7 Å². The van der Waals surface area contributed by atoms with Crippen LogP contribution in [0.2, 0.25) is 0 Å². The van der Waals surface area contributed by atoms with E-state index in [0.717, 1.165) is 12.1 Å². The molecule has 12 heteroatoms. The molecular weight excluding hydrogens is 515 g/mol. The van der Waals surface area contributed by atoms with Crippen LogP contribution < -0.4 is 15.5 Å². The maximum atomic E-state index is 13.4. The van der Waals surface area contributed by atoms with Crippen LogP contribution in [0.4, 0.5) is 35.0 Å². The number of nitrogens with one attached hydrogen (secondary N) is 2. The quantitative estimate of drug-likeness (QED) is 0.505. The minimum Gasteiger partial charge on any atom is -0.375 e.